The molecule has 1 aromatic rings. The largest absolute Gasteiger partial charge is 0.383 e. The second-order valence-electron chi connectivity index (χ2n) is 4.43. The average Bonchev–Trinajstić information content (AvgIpc) is 2.34. The lowest BCUT2D eigenvalue weighted by Gasteiger charge is -2.12. The summed E-state index contributed by atoms with van der Waals surface area (Å²) in [5.41, 5.74) is 0.816. The highest BCUT2D eigenvalue weighted by atomic mass is 19.1. The molecule has 0 amide bonds. The molecule has 0 saturated carbocycles. The van der Waals surface area contributed by atoms with Gasteiger partial charge in [0, 0.05) is 13.7 Å². The van der Waals surface area contributed by atoms with E-state index in [0.29, 0.717) is 5.92 Å². The van der Waals surface area contributed by atoms with Gasteiger partial charge >= 0.3 is 0 Å². The van der Waals surface area contributed by atoms with E-state index in [2.05, 4.69) is 12.2 Å². The van der Waals surface area contributed by atoms with Gasteiger partial charge in [-0.15, -0.1) is 0 Å². The van der Waals surface area contributed by atoms with Gasteiger partial charge in [0.15, 0.2) is 0 Å². The van der Waals surface area contributed by atoms with Crippen LogP contribution in [0.25, 0.3) is 0 Å². The first-order valence-electron chi connectivity index (χ1n) is 6.17. The molecule has 1 atom stereocenters. The molecular formula is C14H22FNO. The molecule has 0 heterocycles. The van der Waals surface area contributed by atoms with E-state index < -0.39 is 0 Å². The second-order valence-corrected chi connectivity index (χ2v) is 4.43. The Morgan fingerprint density at radius 1 is 1.35 bits per heavy atom. The van der Waals surface area contributed by atoms with E-state index in [0.717, 1.165) is 38.1 Å². The molecule has 0 fully saturated rings. The lowest BCUT2D eigenvalue weighted by atomic mass is 10.0. The van der Waals surface area contributed by atoms with Crippen molar-refractivity contribution in [2.24, 2.45) is 5.92 Å². The topological polar surface area (TPSA) is 21.3 Å². The van der Waals surface area contributed by atoms with Crippen LogP contribution in [-0.2, 0) is 11.2 Å². The molecule has 1 rings (SSSR count). The lowest BCUT2D eigenvalue weighted by Crippen LogP contribution is -2.25. The number of rotatable bonds is 8. The molecular weight excluding hydrogens is 217 g/mol. The van der Waals surface area contributed by atoms with Crippen molar-refractivity contribution in [2.45, 2.75) is 19.8 Å². The SMILES string of the molecule is COCCNCC(C)CCc1ccccc1F. The van der Waals surface area contributed by atoms with Crippen LogP contribution in [0.3, 0.4) is 0 Å². The number of hydrogen-bond donors (Lipinski definition) is 1. The van der Waals surface area contributed by atoms with Crippen molar-refractivity contribution < 1.29 is 9.13 Å². The minimum Gasteiger partial charge on any atom is -0.383 e. The summed E-state index contributed by atoms with van der Waals surface area (Å²) in [5, 5.41) is 3.32. The van der Waals surface area contributed by atoms with Crippen molar-refractivity contribution >= 4 is 0 Å². The fourth-order valence-electron chi connectivity index (χ4n) is 1.73. The Labute approximate surface area is 103 Å². The Bertz CT molecular complexity index is 317. The van der Waals surface area contributed by atoms with Crippen LogP contribution in [0.15, 0.2) is 24.3 Å². The van der Waals surface area contributed by atoms with E-state index in [1.165, 1.54) is 6.07 Å². The fraction of sp³-hybridized carbons (Fsp3) is 0.571. The van der Waals surface area contributed by atoms with E-state index in [1.54, 1.807) is 13.2 Å². The van der Waals surface area contributed by atoms with Gasteiger partial charge in [-0.3, -0.25) is 0 Å². The highest BCUT2D eigenvalue weighted by molar-refractivity contribution is 5.17. The van der Waals surface area contributed by atoms with Crippen LogP contribution in [0.2, 0.25) is 0 Å². The standard InChI is InChI=1S/C14H22FNO/c1-12(11-16-9-10-17-2)7-8-13-5-3-4-6-14(13)15/h3-6,12,16H,7-11H2,1-2H3. The summed E-state index contributed by atoms with van der Waals surface area (Å²) in [6.45, 7) is 4.75. The van der Waals surface area contributed by atoms with Crippen molar-refractivity contribution in [3.05, 3.63) is 35.6 Å². The quantitative estimate of drug-likeness (QED) is 0.704. The van der Waals surface area contributed by atoms with Crippen LogP contribution in [0, 0.1) is 11.7 Å². The second kappa shape index (κ2) is 8.20. The Morgan fingerprint density at radius 2 is 2.12 bits per heavy atom. The molecule has 17 heavy (non-hydrogen) atoms. The van der Waals surface area contributed by atoms with Gasteiger partial charge in [0.25, 0.3) is 0 Å². The molecule has 2 nitrogen and oxygen atoms in total. The minimum atomic E-state index is -0.0907. The summed E-state index contributed by atoms with van der Waals surface area (Å²) >= 11 is 0. The van der Waals surface area contributed by atoms with E-state index in [-0.39, 0.29) is 5.82 Å². The maximum absolute atomic E-state index is 13.4. The van der Waals surface area contributed by atoms with E-state index >= 15 is 0 Å². The summed E-state index contributed by atoms with van der Waals surface area (Å²) in [4.78, 5) is 0. The van der Waals surface area contributed by atoms with Crippen molar-refractivity contribution in [1.82, 2.24) is 5.32 Å². The van der Waals surface area contributed by atoms with Crippen LogP contribution in [0.4, 0.5) is 4.39 Å². The maximum atomic E-state index is 13.4. The Balaban J connectivity index is 2.19. The summed E-state index contributed by atoms with van der Waals surface area (Å²) in [7, 11) is 1.70. The molecule has 3 heteroatoms. The Morgan fingerprint density at radius 3 is 2.82 bits per heavy atom. The number of halogens is 1. The van der Waals surface area contributed by atoms with E-state index in [1.807, 2.05) is 12.1 Å². The van der Waals surface area contributed by atoms with Crippen LogP contribution in [0.1, 0.15) is 18.9 Å². The number of hydrogen-bond acceptors (Lipinski definition) is 2. The Kier molecular flexibility index (Phi) is 6.82. The summed E-state index contributed by atoms with van der Waals surface area (Å²) in [5.74, 6) is 0.457. The summed E-state index contributed by atoms with van der Waals surface area (Å²) < 4.78 is 18.3. The molecule has 0 bridgehead atoms. The highest BCUT2D eigenvalue weighted by Crippen LogP contribution is 2.12. The van der Waals surface area contributed by atoms with Gasteiger partial charge in [0.05, 0.1) is 6.61 Å². The number of ether oxygens (including phenoxy) is 1. The van der Waals surface area contributed by atoms with Crippen molar-refractivity contribution in [1.29, 1.82) is 0 Å². The van der Waals surface area contributed by atoms with Crippen molar-refractivity contribution in [2.75, 3.05) is 26.8 Å². The van der Waals surface area contributed by atoms with Gasteiger partial charge in [-0.25, -0.2) is 4.39 Å². The number of methoxy groups -OCH3 is 1. The average molecular weight is 239 g/mol. The van der Waals surface area contributed by atoms with Gasteiger partial charge < -0.3 is 10.1 Å². The molecule has 1 N–H and O–H groups in total. The van der Waals surface area contributed by atoms with Crippen LogP contribution in [-0.4, -0.2) is 26.8 Å². The van der Waals surface area contributed by atoms with Gasteiger partial charge in [0.1, 0.15) is 5.82 Å². The van der Waals surface area contributed by atoms with E-state index in [9.17, 15) is 4.39 Å². The molecule has 0 spiro atoms. The monoisotopic (exact) mass is 239 g/mol. The zero-order chi connectivity index (χ0) is 12.5. The molecule has 0 saturated heterocycles. The zero-order valence-electron chi connectivity index (χ0n) is 10.7. The third kappa shape index (κ3) is 5.80. The summed E-state index contributed by atoms with van der Waals surface area (Å²) in [6.07, 6.45) is 1.81. The van der Waals surface area contributed by atoms with Crippen LogP contribution < -0.4 is 5.32 Å². The molecule has 1 unspecified atom stereocenters. The minimum absolute atomic E-state index is 0.0907. The van der Waals surface area contributed by atoms with Gasteiger partial charge in [-0.2, -0.15) is 0 Å². The van der Waals surface area contributed by atoms with Crippen molar-refractivity contribution in [3.8, 4) is 0 Å². The Hall–Kier alpha value is -0.930. The van der Waals surface area contributed by atoms with Crippen LogP contribution in [0.5, 0.6) is 0 Å². The van der Waals surface area contributed by atoms with Crippen LogP contribution >= 0.6 is 0 Å². The maximum Gasteiger partial charge on any atom is 0.126 e. The molecule has 96 valence electrons. The van der Waals surface area contributed by atoms with Gasteiger partial charge in [-0.1, -0.05) is 25.1 Å². The molecule has 0 aromatic heterocycles. The predicted molar refractivity (Wildman–Crippen MR) is 68.6 cm³/mol. The number of nitrogens with one attached hydrogen (secondary N) is 1. The molecule has 0 radical (unpaired) electrons. The fourth-order valence-corrected chi connectivity index (χ4v) is 1.73. The highest BCUT2D eigenvalue weighted by Gasteiger charge is 2.05. The lowest BCUT2D eigenvalue weighted by molar-refractivity contribution is 0.198. The van der Waals surface area contributed by atoms with E-state index in [4.69, 9.17) is 4.74 Å². The molecule has 1 aromatic carbocycles. The first-order valence-corrected chi connectivity index (χ1v) is 6.17. The predicted octanol–water partition coefficient (Wildman–Crippen LogP) is 2.63. The zero-order valence-corrected chi connectivity index (χ0v) is 10.7. The number of benzene rings is 1. The molecule has 0 aliphatic heterocycles. The smallest absolute Gasteiger partial charge is 0.126 e. The first kappa shape index (κ1) is 14.1. The third-order valence-electron chi connectivity index (χ3n) is 2.84. The van der Waals surface area contributed by atoms with Gasteiger partial charge in [0.2, 0.25) is 0 Å². The number of aryl methyl sites for hydroxylation is 1. The summed E-state index contributed by atoms with van der Waals surface area (Å²) in [6, 6.07) is 7.01. The first-order chi connectivity index (χ1) is 8.24. The molecule has 0 aliphatic carbocycles. The molecule has 0 aliphatic rings. The third-order valence-corrected chi connectivity index (χ3v) is 2.84. The normalized spacial score (nSPS) is 12.6. The van der Waals surface area contributed by atoms with Gasteiger partial charge in [-0.05, 0) is 36.9 Å². The van der Waals surface area contributed by atoms with Crippen molar-refractivity contribution in [3.63, 3.8) is 0 Å².